The van der Waals surface area contributed by atoms with E-state index >= 15 is 0 Å². The second-order valence-electron chi connectivity index (χ2n) is 7.84. The Morgan fingerprint density at radius 1 is 1.26 bits per heavy atom. The van der Waals surface area contributed by atoms with Gasteiger partial charge in [0.05, 0.1) is 17.2 Å². The van der Waals surface area contributed by atoms with Crippen LogP contribution in [0.5, 0.6) is 0 Å². The molecule has 6 heteroatoms. The smallest absolute Gasteiger partial charge is 0.150 e. The Balaban J connectivity index is 1.76. The van der Waals surface area contributed by atoms with Gasteiger partial charge in [0.1, 0.15) is 0 Å². The molecule has 5 nitrogen and oxygen atoms in total. The predicted molar refractivity (Wildman–Crippen MR) is 92.3 cm³/mol. The third-order valence-electron chi connectivity index (χ3n) is 5.56. The van der Waals surface area contributed by atoms with Crippen molar-refractivity contribution < 1.29 is 8.42 Å². The molecule has 0 N–H and O–H groups in total. The molecule has 0 radical (unpaired) electrons. The fourth-order valence-corrected chi connectivity index (χ4v) is 6.60. The zero-order valence-corrected chi connectivity index (χ0v) is 15.6. The van der Waals surface area contributed by atoms with E-state index < -0.39 is 9.84 Å². The molecule has 0 aliphatic carbocycles. The van der Waals surface area contributed by atoms with Gasteiger partial charge in [0.25, 0.3) is 0 Å². The van der Waals surface area contributed by atoms with E-state index in [4.69, 9.17) is 0 Å². The highest BCUT2D eigenvalue weighted by atomic mass is 32.2. The quantitative estimate of drug-likeness (QED) is 0.849. The highest BCUT2D eigenvalue weighted by Gasteiger charge is 2.44. The van der Waals surface area contributed by atoms with Crippen LogP contribution < -0.4 is 0 Å². The number of aromatic nitrogens is 2. The van der Waals surface area contributed by atoms with Crippen LogP contribution in [0.25, 0.3) is 0 Å². The van der Waals surface area contributed by atoms with Crippen LogP contribution in [-0.4, -0.2) is 47.7 Å². The lowest BCUT2D eigenvalue weighted by Crippen LogP contribution is -2.43. The largest absolute Gasteiger partial charge is 0.298 e. The summed E-state index contributed by atoms with van der Waals surface area (Å²) in [6, 6.07) is 0.370. The molecule has 1 aromatic rings. The second kappa shape index (κ2) is 5.88. The van der Waals surface area contributed by atoms with Crippen molar-refractivity contribution in [3.05, 3.63) is 17.0 Å². The Labute approximate surface area is 140 Å². The lowest BCUT2D eigenvalue weighted by molar-refractivity contribution is 0.102. The van der Waals surface area contributed by atoms with E-state index in [0.29, 0.717) is 17.5 Å². The summed E-state index contributed by atoms with van der Waals surface area (Å²) in [5.41, 5.74) is 3.68. The molecule has 130 valence electrons. The fourth-order valence-electron chi connectivity index (χ4n) is 4.40. The van der Waals surface area contributed by atoms with Gasteiger partial charge in [-0.1, -0.05) is 0 Å². The van der Waals surface area contributed by atoms with Crippen molar-refractivity contribution in [1.82, 2.24) is 14.7 Å². The second-order valence-corrected chi connectivity index (χ2v) is 10.0. The van der Waals surface area contributed by atoms with Gasteiger partial charge in [0, 0.05) is 30.4 Å². The highest BCUT2D eigenvalue weighted by molar-refractivity contribution is 7.91. The van der Waals surface area contributed by atoms with Crippen molar-refractivity contribution in [2.24, 2.45) is 5.41 Å². The van der Waals surface area contributed by atoms with Crippen LogP contribution in [0.4, 0.5) is 0 Å². The Morgan fingerprint density at radius 2 is 2.00 bits per heavy atom. The highest BCUT2D eigenvalue weighted by Crippen LogP contribution is 2.40. The first-order chi connectivity index (χ1) is 10.7. The van der Waals surface area contributed by atoms with Crippen LogP contribution in [0.2, 0.25) is 0 Å². The summed E-state index contributed by atoms with van der Waals surface area (Å²) < 4.78 is 25.9. The fraction of sp³-hybridized carbons (Fsp3) is 0.824. The Morgan fingerprint density at radius 3 is 2.57 bits per heavy atom. The maximum atomic E-state index is 11.9. The molecule has 1 unspecified atom stereocenters. The van der Waals surface area contributed by atoms with E-state index in [1.807, 2.05) is 0 Å². The summed E-state index contributed by atoms with van der Waals surface area (Å²) in [7, 11) is -2.82. The van der Waals surface area contributed by atoms with Crippen LogP contribution in [-0.2, 0) is 16.4 Å². The van der Waals surface area contributed by atoms with Crippen molar-refractivity contribution >= 4 is 9.84 Å². The molecule has 1 atom stereocenters. The van der Waals surface area contributed by atoms with Gasteiger partial charge in [0.15, 0.2) is 9.84 Å². The molecule has 1 spiro atoms. The van der Waals surface area contributed by atoms with E-state index in [-0.39, 0.29) is 5.41 Å². The summed E-state index contributed by atoms with van der Waals surface area (Å²) in [6.07, 6.45) is 3.01. The van der Waals surface area contributed by atoms with Crippen LogP contribution in [0.1, 0.15) is 56.1 Å². The number of piperidine rings is 1. The molecule has 2 fully saturated rings. The zero-order chi connectivity index (χ0) is 16.8. The first-order valence-electron chi connectivity index (χ1n) is 8.69. The van der Waals surface area contributed by atoms with Gasteiger partial charge < -0.3 is 0 Å². The number of rotatable bonds is 3. The van der Waals surface area contributed by atoms with E-state index in [9.17, 15) is 8.42 Å². The van der Waals surface area contributed by atoms with E-state index in [1.54, 1.807) is 0 Å². The van der Waals surface area contributed by atoms with Gasteiger partial charge >= 0.3 is 0 Å². The molecule has 0 amide bonds. The molecule has 3 heterocycles. The lowest BCUT2D eigenvalue weighted by atomic mass is 9.79. The Kier molecular flexibility index (Phi) is 4.34. The summed E-state index contributed by atoms with van der Waals surface area (Å²) in [5.74, 6) is 0.768. The Bertz CT molecular complexity index is 693. The van der Waals surface area contributed by atoms with Crippen LogP contribution in [0.3, 0.4) is 0 Å². The first kappa shape index (κ1) is 17.0. The first-order valence-corrected chi connectivity index (χ1v) is 10.5. The van der Waals surface area contributed by atoms with E-state index in [0.717, 1.165) is 44.6 Å². The zero-order valence-electron chi connectivity index (χ0n) is 14.8. The summed E-state index contributed by atoms with van der Waals surface area (Å²) in [6.45, 7) is 11.4. The average molecular weight is 340 g/mol. The molecule has 0 aromatic carbocycles. The molecule has 1 aromatic heterocycles. The lowest BCUT2D eigenvalue weighted by Gasteiger charge is -2.39. The van der Waals surface area contributed by atoms with Crippen molar-refractivity contribution in [3.63, 3.8) is 0 Å². The van der Waals surface area contributed by atoms with Gasteiger partial charge in [-0.2, -0.15) is 5.10 Å². The van der Waals surface area contributed by atoms with Crippen LogP contribution in [0.15, 0.2) is 0 Å². The topological polar surface area (TPSA) is 55.2 Å². The van der Waals surface area contributed by atoms with Gasteiger partial charge in [-0.15, -0.1) is 0 Å². The van der Waals surface area contributed by atoms with Gasteiger partial charge in [0.2, 0.25) is 0 Å². The molecule has 2 aliphatic heterocycles. The molecule has 3 rings (SSSR count). The van der Waals surface area contributed by atoms with Crippen LogP contribution in [0, 0.1) is 19.3 Å². The molecular formula is C17H29N3O2S. The summed E-state index contributed by atoms with van der Waals surface area (Å²) >= 11 is 0. The normalized spacial score (nSPS) is 28.0. The van der Waals surface area contributed by atoms with Gasteiger partial charge in [-0.05, 0) is 58.9 Å². The number of nitrogens with zero attached hydrogens (tertiary/aromatic N) is 3. The number of aryl methyl sites for hydroxylation is 1. The minimum atomic E-state index is -2.82. The summed E-state index contributed by atoms with van der Waals surface area (Å²) in [4.78, 5) is 2.45. The van der Waals surface area contributed by atoms with Gasteiger partial charge in [-0.3, -0.25) is 9.58 Å². The number of likely N-dealkylation sites (tertiary alicyclic amines) is 1. The Hall–Kier alpha value is -0.880. The van der Waals surface area contributed by atoms with E-state index in [2.05, 4.69) is 42.4 Å². The van der Waals surface area contributed by atoms with Crippen molar-refractivity contribution in [3.8, 4) is 0 Å². The molecule has 0 saturated carbocycles. The SMILES string of the molecule is Cc1nn(C(C)C)c(C)c1CN1CCCC2(CCS(=O)(=O)C2)C1. The number of hydrogen-bond acceptors (Lipinski definition) is 4. The summed E-state index contributed by atoms with van der Waals surface area (Å²) in [5, 5.41) is 4.68. The maximum absolute atomic E-state index is 11.9. The molecule has 23 heavy (non-hydrogen) atoms. The third-order valence-corrected chi connectivity index (χ3v) is 7.43. The maximum Gasteiger partial charge on any atom is 0.150 e. The molecule has 2 aliphatic rings. The number of hydrogen-bond donors (Lipinski definition) is 0. The van der Waals surface area contributed by atoms with Crippen molar-refractivity contribution in [2.45, 2.75) is 59.5 Å². The third kappa shape index (κ3) is 3.33. The van der Waals surface area contributed by atoms with Crippen molar-refractivity contribution in [2.75, 3.05) is 24.6 Å². The average Bonchev–Trinajstić information content (AvgIpc) is 2.90. The minimum absolute atomic E-state index is 0.00688. The molecular weight excluding hydrogens is 310 g/mol. The molecule has 2 saturated heterocycles. The monoisotopic (exact) mass is 339 g/mol. The number of sulfone groups is 1. The van der Waals surface area contributed by atoms with Gasteiger partial charge in [-0.25, -0.2) is 8.42 Å². The molecule has 0 bridgehead atoms. The standard InChI is InChI=1S/C17H29N3O2S/c1-13(2)20-15(4)16(14(3)18-20)10-19-8-5-6-17(11-19)7-9-23(21,22)12-17/h13H,5-12H2,1-4H3. The van der Waals surface area contributed by atoms with Crippen LogP contribution >= 0.6 is 0 Å². The van der Waals surface area contributed by atoms with E-state index in [1.165, 1.54) is 11.3 Å². The van der Waals surface area contributed by atoms with Crippen molar-refractivity contribution in [1.29, 1.82) is 0 Å². The predicted octanol–water partition coefficient (Wildman–Crippen LogP) is 2.48. The minimum Gasteiger partial charge on any atom is -0.298 e.